The van der Waals surface area contributed by atoms with E-state index in [1.807, 2.05) is 42.2 Å². The molecule has 1 fully saturated rings. The Hall–Kier alpha value is -2.30. The Balaban J connectivity index is 1.51. The Kier molecular flexibility index (Phi) is 2.91. The van der Waals surface area contributed by atoms with Crippen molar-refractivity contribution >= 4 is 17.1 Å². The molecule has 0 radical (unpaired) electrons. The predicted molar refractivity (Wildman–Crippen MR) is 81.4 cm³/mol. The fourth-order valence-corrected chi connectivity index (χ4v) is 3.15. The lowest BCUT2D eigenvalue weighted by atomic mass is 9.94. The van der Waals surface area contributed by atoms with Gasteiger partial charge in [-0.2, -0.15) is 10.1 Å². The van der Waals surface area contributed by atoms with Crippen LogP contribution < -0.4 is 4.90 Å². The van der Waals surface area contributed by atoms with E-state index in [9.17, 15) is 0 Å². The summed E-state index contributed by atoms with van der Waals surface area (Å²) in [6.07, 6.45) is 4.10. The number of hydrogen-bond donors (Lipinski definition) is 0. The molecule has 3 aromatic rings. The van der Waals surface area contributed by atoms with E-state index in [0.717, 1.165) is 43.0 Å². The Morgan fingerprint density at radius 3 is 2.67 bits per heavy atom. The largest absolute Gasteiger partial charge is 0.423 e. The zero-order valence-electron chi connectivity index (χ0n) is 12.1. The van der Waals surface area contributed by atoms with Crippen molar-refractivity contribution in [3.8, 4) is 0 Å². The molecule has 1 saturated heterocycles. The number of fused-ring (bicyclic) bond motifs is 1. The standard InChI is InChI=1S/C16H18N4O/c1-19-14(6-9-17-19)12-7-10-20(11-8-12)16-18-13-4-2-3-5-15(13)21-16/h2-6,9,12H,7-8,10-11H2,1H3. The third-order valence-corrected chi connectivity index (χ3v) is 4.33. The molecule has 0 spiro atoms. The minimum absolute atomic E-state index is 0.582. The van der Waals surface area contributed by atoms with Crippen molar-refractivity contribution in [2.75, 3.05) is 18.0 Å². The Morgan fingerprint density at radius 1 is 1.14 bits per heavy atom. The Bertz CT molecular complexity index is 719. The number of para-hydroxylation sites is 2. The smallest absolute Gasteiger partial charge is 0.298 e. The van der Waals surface area contributed by atoms with Gasteiger partial charge in [0, 0.05) is 37.9 Å². The third-order valence-electron chi connectivity index (χ3n) is 4.33. The second-order valence-electron chi connectivity index (χ2n) is 5.61. The van der Waals surface area contributed by atoms with Crippen molar-refractivity contribution in [3.05, 3.63) is 42.2 Å². The topological polar surface area (TPSA) is 47.1 Å². The SMILES string of the molecule is Cn1nccc1C1CCN(c2nc3ccccc3o2)CC1. The molecule has 1 aliphatic heterocycles. The zero-order valence-corrected chi connectivity index (χ0v) is 12.1. The van der Waals surface area contributed by atoms with Gasteiger partial charge in [0.1, 0.15) is 5.52 Å². The van der Waals surface area contributed by atoms with Gasteiger partial charge >= 0.3 is 0 Å². The molecule has 1 aliphatic rings. The minimum atomic E-state index is 0.582. The molecule has 4 rings (SSSR count). The van der Waals surface area contributed by atoms with Crippen LogP contribution in [0.15, 0.2) is 40.9 Å². The van der Waals surface area contributed by atoms with E-state index in [0.29, 0.717) is 5.92 Å². The van der Waals surface area contributed by atoms with Gasteiger partial charge in [-0.25, -0.2) is 0 Å². The first-order valence-electron chi connectivity index (χ1n) is 7.40. The monoisotopic (exact) mass is 282 g/mol. The van der Waals surface area contributed by atoms with E-state index < -0.39 is 0 Å². The van der Waals surface area contributed by atoms with Crippen molar-refractivity contribution in [2.45, 2.75) is 18.8 Å². The van der Waals surface area contributed by atoms with E-state index in [2.05, 4.69) is 21.0 Å². The van der Waals surface area contributed by atoms with Crippen molar-refractivity contribution in [3.63, 3.8) is 0 Å². The summed E-state index contributed by atoms with van der Waals surface area (Å²) in [5, 5.41) is 4.27. The third kappa shape index (κ3) is 2.18. The highest BCUT2D eigenvalue weighted by Gasteiger charge is 2.25. The average molecular weight is 282 g/mol. The molecule has 0 aliphatic carbocycles. The van der Waals surface area contributed by atoms with E-state index in [1.165, 1.54) is 5.69 Å². The fourth-order valence-electron chi connectivity index (χ4n) is 3.15. The number of anilines is 1. The van der Waals surface area contributed by atoms with Crippen molar-refractivity contribution in [1.29, 1.82) is 0 Å². The highest BCUT2D eigenvalue weighted by molar-refractivity contribution is 5.74. The Morgan fingerprint density at radius 2 is 1.95 bits per heavy atom. The molecule has 108 valence electrons. The van der Waals surface area contributed by atoms with Crippen LogP contribution in [0.2, 0.25) is 0 Å². The first-order valence-corrected chi connectivity index (χ1v) is 7.40. The van der Waals surface area contributed by atoms with Crippen LogP contribution in [0.1, 0.15) is 24.5 Å². The summed E-state index contributed by atoms with van der Waals surface area (Å²) in [6.45, 7) is 1.95. The van der Waals surface area contributed by atoms with Crippen LogP contribution in [0.4, 0.5) is 6.01 Å². The lowest BCUT2D eigenvalue weighted by Crippen LogP contribution is -2.33. The number of hydrogen-bond acceptors (Lipinski definition) is 4. The van der Waals surface area contributed by atoms with Crippen LogP contribution in [-0.4, -0.2) is 27.9 Å². The number of aromatic nitrogens is 3. The predicted octanol–water partition coefficient (Wildman–Crippen LogP) is 2.95. The molecule has 21 heavy (non-hydrogen) atoms. The molecule has 3 heterocycles. The number of aryl methyl sites for hydroxylation is 1. The molecule has 1 aromatic carbocycles. The highest BCUT2D eigenvalue weighted by Crippen LogP contribution is 2.31. The van der Waals surface area contributed by atoms with Crippen molar-refractivity contribution < 1.29 is 4.42 Å². The van der Waals surface area contributed by atoms with Gasteiger partial charge in [0.15, 0.2) is 5.58 Å². The summed E-state index contributed by atoms with van der Waals surface area (Å²) in [5.41, 5.74) is 3.12. The first kappa shape index (κ1) is 12.4. The van der Waals surface area contributed by atoms with Crippen LogP contribution in [0, 0.1) is 0 Å². The number of rotatable bonds is 2. The van der Waals surface area contributed by atoms with Crippen LogP contribution in [0.5, 0.6) is 0 Å². The second kappa shape index (κ2) is 4.91. The Labute approximate surface area is 123 Å². The highest BCUT2D eigenvalue weighted by atomic mass is 16.4. The molecule has 2 aromatic heterocycles. The lowest BCUT2D eigenvalue weighted by molar-refractivity contribution is 0.450. The van der Waals surface area contributed by atoms with E-state index in [-0.39, 0.29) is 0 Å². The fraction of sp³-hybridized carbons (Fsp3) is 0.375. The summed E-state index contributed by atoms with van der Waals surface area (Å²) in [7, 11) is 2.02. The number of benzene rings is 1. The first-order chi connectivity index (χ1) is 10.3. The number of oxazole rings is 1. The van der Waals surface area contributed by atoms with E-state index in [4.69, 9.17) is 4.42 Å². The van der Waals surface area contributed by atoms with E-state index in [1.54, 1.807) is 0 Å². The molecule has 0 N–H and O–H groups in total. The van der Waals surface area contributed by atoms with Gasteiger partial charge in [0.05, 0.1) is 0 Å². The molecular formula is C16H18N4O. The van der Waals surface area contributed by atoms with Gasteiger partial charge in [-0.05, 0) is 31.0 Å². The molecule has 5 nitrogen and oxygen atoms in total. The molecule has 0 unspecified atom stereocenters. The van der Waals surface area contributed by atoms with E-state index >= 15 is 0 Å². The summed E-state index contributed by atoms with van der Waals surface area (Å²) < 4.78 is 7.84. The van der Waals surface area contributed by atoms with Crippen molar-refractivity contribution in [2.24, 2.45) is 7.05 Å². The average Bonchev–Trinajstić information content (AvgIpc) is 3.13. The summed E-state index contributed by atoms with van der Waals surface area (Å²) in [5.74, 6) is 0.582. The maximum atomic E-state index is 5.85. The molecule has 0 amide bonds. The van der Waals surface area contributed by atoms with Gasteiger partial charge in [0.2, 0.25) is 0 Å². The van der Waals surface area contributed by atoms with Gasteiger partial charge in [-0.1, -0.05) is 12.1 Å². The van der Waals surface area contributed by atoms with Crippen LogP contribution in [0.3, 0.4) is 0 Å². The molecule has 0 bridgehead atoms. The maximum absolute atomic E-state index is 5.85. The summed E-state index contributed by atoms with van der Waals surface area (Å²) in [6, 6.07) is 10.8. The second-order valence-corrected chi connectivity index (χ2v) is 5.61. The normalized spacial score (nSPS) is 16.7. The van der Waals surface area contributed by atoms with Gasteiger partial charge < -0.3 is 9.32 Å². The van der Waals surface area contributed by atoms with Crippen LogP contribution in [0.25, 0.3) is 11.1 Å². The molecule has 0 saturated carbocycles. The van der Waals surface area contributed by atoms with Gasteiger partial charge in [0.25, 0.3) is 6.01 Å². The maximum Gasteiger partial charge on any atom is 0.298 e. The minimum Gasteiger partial charge on any atom is -0.423 e. The zero-order chi connectivity index (χ0) is 14.2. The lowest BCUT2D eigenvalue weighted by Gasteiger charge is -2.30. The van der Waals surface area contributed by atoms with Gasteiger partial charge in [-0.15, -0.1) is 0 Å². The van der Waals surface area contributed by atoms with Crippen molar-refractivity contribution in [1.82, 2.24) is 14.8 Å². The van der Waals surface area contributed by atoms with Crippen LogP contribution in [-0.2, 0) is 7.05 Å². The quantitative estimate of drug-likeness (QED) is 0.725. The summed E-state index contributed by atoms with van der Waals surface area (Å²) >= 11 is 0. The number of piperidine rings is 1. The molecule has 5 heteroatoms. The molecule has 0 atom stereocenters. The number of nitrogens with zero attached hydrogens (tertiary/aromatic N) is 4. The van der Waals surface area contributed by atoms with Crippen LogP contribution >= 0.6 is 0 Å². The summed E-state index contributed by atoms with van der Waals surface area (Å²) in [4.78, 5) is 6.83. The van der Waals surface area contributed by atoms with Gasteiger partial charge in [-0.3, -0.25) is 4.68 Å². The molecular weight excluding hydrogens is 264 g/mol.